The summed E-state index contributed by atoms with van der Waals surface area (Å²) in [5.74, 6) is -0.538. The maximum atomic E-state index is 13.4. The van der Waals surface area contributed by atoms with Crippen LogP contribution in [0.5, 0.6) is 0 Å². The first-order valence-corrected chi connectivity index (χ1v) is 13.9. The SMILES string of the molecule is Cc1cc(/C=N/NC(=O)CN(CCc2ccccc2)S(=O)(=O)c2ccc(Cl)cc2)c(C)n1-c1ccccc1. The molecule has 0 saturated carbocycles. The Morgan fingerprint density at radius 3 is 2.26 bits per heavy atom. The average molecular weight is 549 g/mol. The van der Waals surface area contributed by atoms with Gasteiger partial charge in [-0.15, -0.1) is 0 Å². The standard InChI is InChI=1S/C29H29ClN4O3S/c1-22-19-25(23(2)34(22)27-11-7-4-8-12-27)20-31-32-29(35)21-33(18-17-24-9-5-3-6-10-24)38(36,37)28-15-13-26(30)14-16-28/h3-16,19-20H,17-18,21H2,1-2H3,(H,32,35)/b31-20+. The van der Waals surface area contributed by atoms with E-state index >= 15 is 0 Å². The van der Waals surface area contributed by atoms with E-state index in [-0.39, 0.29) is 18.0 Å². The lowest BCUT2D eigenvalue weighted by Gasteiger charge is -2.21. The number of sulfonamides is 1. The molecule has 0 fully saturated rings. The van der Waals surface area contributed by atoms with E-state index in [2.05, 4.69) is 15.1 Å². The highest BCUT2D eigenvalue weighted by atomic mass is 35.5. The van der Waals surface area contributed by atoms with Gasteiger partial charge in [-0.3, -0.25) is 4.79 Å². The van der Waals surface area contributed by atoms with E-state index < -0.39 is 15.9 Å². The van der Waals surface area contributed by atoms with Crippen molar-refractivity contribution in [2.75, 3.05) is 13.1 Å². The van der Waals surface area contributed by atoms with Crippen molar-refractivity contribution in [3.05, 3.63) is 119 Å². The summed E-state index contributed by atoms with van der Waals surface area (Å²) in [5.41, 5.74) is 7.34. The summed E-state index contributed by atoms with van der Waals surface area (Å²) in [7, 11) is -3.94. The molecule has 7 nitrogen and oxygen atoms in total. The van der Waals surface area contributed by atoms with Gasteiger partial charge in [0.25, 0.3) is 5.91 Å². The molecule has 3 aromatic carbocycles. The number of hydrogen-bond donors (Lipinski definition) is 1. The van der Waals surface area contributed by atoms with Crippen LogP contribution < -0.4 is 5.43 Å². The Kier molecular flexibility index (Phi) is 8.78. The first-order chi connectivity index (χ1) is 18.3. The lowest BCUT2D eigenvalue weighted by molar-refractivity contribution is -0.121. The van der Waals surface area contributed by atoms with E-state index in [1.807, 2.05) is 80.6 Å². The van der Waals surface area contributed by atoms with Crippen LogP contribution in [-0.4, -0.2) is 42.5 Å². The summed E-state index contributed by atoms with van der Waals surface area (Å²) >= 11 is 5.94. The van der Waals surface area contributed by atoms with Crippen LogP contribution in [0, 0.1) is 13.8 Å². The van der Waals surface area contributed by atoms with Crippen LogP contribution in [0.3, 0.4) is 0 Å². The van der Waals surface area contributed by atoms with E-state index in [1.54, 1.807) is 6.21 Å². The number of nitrogens with one attached hydrogen (secondary N) is 1. The van der Waals surface area contributed by atoms with E-state index in [4.69, 9.17) is 11.6 Å². The zero-order chi connectivity index (χ0) is 27.1. The van der Waals surface area contributed by atoms with E-state index in [1.165, 1.54) is 24.3 Å². The van der Waals surface area contributed by atoms with Gasteiger partial charge in [-0.2, -0.15) is 9.41 Å². The minimum Gasteiger partial charge on any atom is -0.318 e. The van der Waals surface area contributed by atoms with Crippen molar-refractivity contribution in [1.82, 2.24) is 14.3 Å². The fraction of sp³-hybridized carbons (Fsp3) is 0.172. The molecule has 0 radical (unpaired) electrons. The van der Waals surface area contributed by atoms with Gasteiger partial charge in [-0.05, 0) is 68.3 Å². The van der Waals surface area contributed by atoms with E-state index in [0.717, 1.165) is 32.5 Å². The predicted molar refractivity (Wildman–Crippen MR) is 151 cm³/mol. The predicted octanol–water partition coefficient (Wildman–Crippen LogP) is 5.13. The van der Waals surface area contributed by atoms with Crippen molar-refractivity contribution >= 4 is 33.7 Å². The van der Waals surface area contributed by atoms with Gasteiger partial charge in [0.1, 0.15) is 0 Å². The highest BCUT2D eigenvalue weighted by Gasteiger charge is 2.26. The number of nitrogens with zero attached hydrogens (tertiary/aromatic N) is 3. The minimum atomic E-state index is -3.94. The van der Waals surface area contributed by atoms with Gasteiger partial charge in [-0.1, -0.05) is 60.1 Å². The van der Waals surface area contributed by atoms with Crippen LogP contribution in [0.2, 0.25) is 5.02 Å². The van der Waals surface area contributed by atoms with Crippen LogP contribution in [0.1, 0.15) is 22.5 Å². The number of hydrazone groups is 1. The van der Waals surface area contributed by atoms with Crippen molar-refractivity contribution < 1.29 is 13.2 Å². The third kappa shape index (κ3) is 6.58. The Balaban J connectivity index is 1.48. The molecule has 0 spiro atoms. The van der Waals surface area contributed by atoms with Gasteiger partial charge in [0, 0.05) is 34.2 Å². The molecule has 0 atom stereocenters. The number of amides is 1. The Morgan fingerprint density at radius 2 is 1.61 bits per heavy atom. The molecule has 4 rings (SSSR count). The molecule has 38 heavy (non-hydrogen) atoms. The van der Waals surface area contributed by atoms with Crippen LogP contribution in [0.25, 0.3) is 5.69 Å². The molecule has 0 unspecified atom stereocenters. The van der Waals surface area contributed by atoms with Crippen molar-refractivity contribution in [2.45, 2.75) is 25.2 Å². The van der Waals surface area contributed by atoms with Gasteiger partial charge >= 0.3 is 0 Å². The summed E-state index contributed by atoms with van der Waals surface area (Å²) in [6, 6.07) is 27.4. The number of carbonyl (C=O) groups is 1. The monoisotopic (exact) mass is 548 g/mol. The average Bonchev–Trinajstić information content (AvgIpc) is 3.20. The van der Waals surface area contributed by atoms with E-state index in [0.29, 0.717) is 11.4 Å². The molecule has 0 aliphatic rings. The smallest absolute Gasteiger partial charge is 0.255 e. The Hall–Kier alpha value is -3.72. The van der Waals surface area contributed by atoms with Crippen LogP contribution in [0.15, 0.2) is 101 Å². The number of rotatable bonds is 10. The number of hydrogen-bond acceptors (Lipinski definition) is 4. The highest BCUT2D eigenvalue weighted by Crippen LogP contribution is 2.20. The van der Waals surface area contributed by atoms with Crippen LogP contribution >= 0.6 is 11.6 Å². The van der Waals surface area contributed by atoms with Crippen molar-refractivity contribution in [3.8, 4) is 5.69 Å². The van der Waals surface area contributed by atoms with Gasteiger partial charge in [0.2, 0.25) is 10.0 Å². The van der Waals surface area contributed by atoms with Crippen molar-refractivity contribution in [3.63, 3.8) is 0 Å². The van der Waals surface area contributed by atoms with Crippen LogP contribution in [0.4, 0.5) is 0 Å². The first-order valence-electron chi connectivity index (χ1n) is 12.1. The molecule has 196 valence electrons. The number of aromatic nitrogens is 1. The summed E-state index contributed by atoms with van der Waals surface area (Å²) < 4.78 is 30.0. The zero-order valence-electron chi connectivity index (χ0n) is 21.2. The Morgan fingerprint density at radius 1 is 0.974 bits per heavy atom. The van der Waals surface area contributed by atoms with E-state index in [9.17, 15) is 13.2 Å². The molecule has 0 bridgehead atoms. The fourth-order valence-corrected chi connectivity index (χ4v) is 5.72. The summed E-state index contributed by atoms with van der Waals surface area (Å²) in [4.78, 5) is 12.9. The van der Waals surface area contributed by atoms with Gasteiger partial charge < -0.3 is 4.57 Å². The Bertz CT molecular complexity index is 1520. The molecule has 9 heteroatoms. The van der Waals surface area contributed by atoms with Gasteiger partial charge in [0.05, 0.1) is 17.7 Å². The maximum Gasteiger partial charge on any atom is 0.255 e. The summed E-state index contributed by atoms with van der Waals surface area (Å²) in [6.45, 7) is 3.73. The van der Waals surface area contributed by atoms with Crippen molar-refractivity contribution in [1.29, 1.82) is 0 Å². The molecule has 1 aromatic heterocycles. The first kappa shape index (κ1) is 27.3. The zero-order valence-corrected chi connectivity index (χ0v) is 22.8. The molecule has 1 N–H and O–H groups in total. The van der Waals surface area contributed by atoms with Crippen molar-refractivity contribution in [2.24, 2.45) is 5.10 Å². The summed E-state index contributed by atoms with van der Waals surface area (Å²) in [6.07, 6.45) is 2.03. The van der Waals surface area contributed by atoms with Gasteiger partial charge in [-0.25, -0.2) is 13.8 Å². The number of para-hydroxylation sites is 1. The topological polar surface area (TPSA) is 83.8 Å². The maximum absolute atomic E-state index is 13.4. The Labute approximate surface area is 228 Å². The number of halogens is 1. The second-order valence-corrected chi connectivity index (χ2v) is 11.2. The normalized spacial score (nSPS) is 11.8. The molecule has 0 aliphatic carbocycles. The lowest BCUT2D eigenvalue weighted by Crippen LogP contribution is -2.40. The van der Waals surface area contributed by atoms with Gasteiger partial charge in [0.15, 0.2) is 0 Å². The largest absolute Gasteiger partial charge is 0.318 e. The lowest BCUT2D eigenvalue weighted by atomic mass is 10.1. The molecule has 0 saturated heterocycles. The second-order valence-electron chi connectivity index (χ2n) is 8.82. The quantitative estimate of drug-likeness (QED) is 0.220. The fourth-order valence-electron chi connectivity index (χ4n) is 4.20. The molecule has 1 heterocycles. The highest BCUT2D eigenvalue weighted by molar-refractivity contribution is 7.89. The molecule has 4 aromatic rings. The second kappa shape index (κ2) is 12.2. The number of aryl methyl sites for hydroxylation is 1. The summed E-state index contributed by atoms with van der Waals surface area (Å²) in [5, 5.41) is 4.54. The molecule has 1 amide bonds. The third-order valence-corrected chi connectivity index (χ3v) is 8.25. The number of carbonyl (C=O) groups excluding carboxylic acids is 1. The minimum absolute atomic E-state index is 0.0691. The van der Waals surface area contributed by atoms with Crippen LogP contribution in [-0.2, 0) is 21.2 Å². The molecular weight excluding hydrogens is 520 g/mol. The number of benzene rings is 3. The third-order valence-electron chi connectivity index (χ3n) is 6.14. The molecular formula is C29H29ClN4O3S. The molecule has 0 aliphatic heterocycles.